The summed E-state index contributed by atoms with van der Waals surface area (Å²) in [5.41, 5.74) is 0.481. The van der Waals surface area contributed by atoms with Crippen molar-refractivity contribution >= 4 is 33.2 Å². The summed E-state index contributed by atoms with van der Waals surface area (Å²) < 4.78 is 38.4. The largest absolute Gasteiger partial charge is 0.443 e. The number of benzene rings is 1. The fraction of sp³-hybridized carbons (Fsp3) is 0.533. The maximum atomic E-state index is 14.1. The van der Waals surface area contributed by atoms with Gasteiger partial charge in [-0.05, 0) is 64.5 Å². The number of unbranched alkanes of at least 4 members (excludes halogenated alkanes) is 1. The molecule has 3 aromatic rings. The van der Waals surface area contributed by atoms with Gasteiger partial charge in [-0.15, -0.1) is 0 Å². The van der Waals surface area contributed by atoms with Crippen LogP contribution in [0, 0.1) is 11.3 Å². The van der Waals surface area contributed by atoms with E-state index in [2.05, 4.69) is 33.1 Å². The summed E-state index contributed by atoms with van der Waals surface area (Å²) in [7, 11) is -3.74. The Labute approximate surface area is 247 Å². The van der Waals surface area contributed by atoms with Gasteiger partial charge in [-0.2, -0.15) is 22.3 Å². The summed E-state index contributed by atoms with van der Waals surface area (Å²) in [6, 6.07) is 14.0. The monoisotopic (exact) mass is 593 g/mol. The smallest absolute Gasteiger partial charge is 0.420 e. The highest BCUT2D eigenvalue weighted by molar-refractivity contribution is 7.86. The highest BCUT2D eigenvalue weighted by Crippen LogP contribution is 2.47. The van der Waals surface area contributed by atoms with Gasteiger partial charge in [0.2, 0.25) is 0 Å². The molecule has 5 rings (SSSR count). The second-order valence-electron chi connectivity index (χ2n) is 12.1. The molecular formula is C30H39N7O4S. The Morgan fingerprint density at radius 3 is 2.52 bits per heavy atom. The molecule has 42 heavy (non-hydrogen) atoms. The van der Waals surface area contributed by atoms with Crippen molar-refractivity contribution in [2.75, 3.05) is 37.6 Å². The number of aromatic nitrogens is 3. The normalized spacial score (nSPS) is 17.1. The van der Waals surface area contributed by atoms with Crippen LogP contribution >= 0.6 is 0 Å². The van der Waals surface area contributed by atoms with Crippen LogP contribution in [0.25, 0.3) is 11.0 Å². The molecule has 11 nitrogen and oxygen atoms in total. The molecule has 0 N–H and O–H groups in total. The van der Waals surface area contributed by atoms with E-state index < -0.39 is 27.4 Å². The van der Waals surface area contributed by atoms with Gasteiger partial charge in [0, 0.05) is 45.3 Å². The minimum absolute atomic E-state index is 0.316. The first-order valence-corrected chi connectivity index (χ1v) is 15.9. The van der Waals surface area contributed by atoms with Crippen molar-refractivity contribution in [3.63, 3.8) is 0 Å². The van der Waals surface area contributed by atoms with E-state index in [9.17, 15) is 13.2 Å². The van der Waals surface area contributed by atoms with Gasteiger partial charge >= 0.3 is 6.09 Å². The molecule has 1 aromatic carbocycles. The number of anilines is 1. The van der Waals surface area contributed by atoms with Crippen molar-refractivity contribution in [2.24, 2.45) is 0 Å². The Balaban J connectivity index is 1.33. The summed E-state index contributed by atoms with van der Waals surface area (Å²) in [6.07, 6.45) is 6.41. The third-order valence-electron chi connectivity index (χ3n) is 7.78. The minimum Gasteiger partial charge on any atom is -0.443 e. The molecule has 12 heteroatoms. The van der Waals surface area contributed by atoms with Gasteiger partial charge in [-0.1, -0.05) is 30.3 Å². The first-order chi connectivity index (χ1) is 20.0. The molecule has 0 amide bonds. The van der Waals surface area contributed by atoms with E-state index in [-0.39, 0.29) is 0 Å². The lowest BCUT2D eigenvalue weighted by Gasteiger charge is -2.43. The minimum atomic E-state index is -3.74. The number of piperazine rings is 1. The highest BCUT2D eigenvalue weighted by atomic mass is 32.2. The third kappa shape index (κ3) is 6.43. The molecule has 0 unspecified atom stereocenters. The zero-order valence-electron chi connectivity index (χ0n) is 24.6. The molecule has 224 valence electrons. The van der Waals surface area contributed by atoms with Gasteiger partial charge < -0.3 is 9.64 Å². The van der Waals surface area contributed by atoms with Crippen molar-refractivity contribution in [3.8, 4) is 6.07 Å². The summed E-state index contributed by atoms with van der Waals surface area (Å²) in [5.74, 6) is 0.680. The molecule has 1 saturated carbocycles. The Morgan fingerprint density at radius 1 is 1.10 bits per heavy atom. The first kappa shape index (κ1) is 29.9. The van der Waals surface area contributed by atoms with E-state index >= 15 is 0 Å². The molecule has 0 radical (unpaired) electrons. The molecular weight excluding hydrogens is 554 g/mol. The maximum absolute atomic E-state index is 14.1. The Morgan fingerprint density at radius 2 is 1.83 bits per heavy atom. The molecule has 1 aliphatic heterocycles. The van der Waals surface area contributed by atoms with Crippen LogP contribution in [-0.4, -0.2) is 81.5 Å². The average molecular weight is 594 g/mol. The molecule has 3 heterocycles. The fourth-order valence-corrected chi connectivity index (χ4v) is 7.66. The fourth-order valence-electron chi connectivity index (χ4n) is 5.62. The van der Waals surface area contributed by atoms with Crippen molar-refractivity contribution in [3.05, 3.63) is 54.5 Å². The number of hydrogen-bond acceptors (Lipinski definition) is 8. The van der Waals surface area contributed by atoms with Gasteiger partial charge in [-0.25, -0.2) is 19.3 Å². The molecule has 1 aliphatic carbocycles. The van der Waals surface area contributed by atoms with Crippen LogP contribution in [0.2, 0.25) is 0 Å². The van der Waals surface area contributed by atoms with Gasteiger partial charge in [0.05, 0.1) is 17.0 Å². The number of fused-ring (bicyclic) bond motifs is 1. The SMILES string of the molecule is CC(C)(C)OC(=O)n1ccc2c(N3CCN(S(=O)(=O)N(CCCC#N)CCCc4ccccc4)C4(CC4)C3)ncnc21. The molecule has 1 saturated heterocycles. The van der Waals surface area contributed by atoms with Crippen LogP contribution in [0.5, 0.6) is 0 Å². The van der Waals surface area contributed by atoms with Crippen LogP contribution in [0.15, 0.2) is 48.9 Å². The standard InChI is InChI=1S/C30H39N7O4S/c1-29(2,3)41-28(38)36-19-13-25-26(32-23-33-27(25)36)34-20-21-37(30(22-34)14-15-30)42(39,40)35(17-8-7-16-31)18-9-12-24-10-5-4-6-11-24/h4-6,10-11,13,19,23H,7-9,12,14-15,17-18,20-22H2,1-3H3. The quantitative estimate of drug-likeness (QED) is 0.318. The third-order valence-corrected chi connectivity index (χ3v) is 9.93. The maximum Gasteiger partial charge on any atom is 0.420 e. The van der Waals surface area contributed by atoms with Crippen LogP contribution in [-0.2, 0) is 21.4 Å². The molecule has 2 aliphatic rings. The molecule has 1 spiro atoms. The summed E-state index contributed by atoms with van der Waals surface area (Å²) in [5, 5.41) is 9.79. The van der Waals surface area contributed by atoms with Crippen LogP contribution in [0.3, 0.4) is 0 Å². The lowest BCUT2D eigenvalue weighted by Crippen LogP contribution is -2.60. The number of nitrogens with zero attached hydrogens (tertiary/aromatic N) is 7. The van der Waals surface area contributed by atoms with E-state index in [0.717, 1.165) is 24.6 Å². The second kappa shape index (κ2) is 12.0. The van der Waals surface area contributed by atoms with E-state index in [1.807, 2.05) is 39.0 Å². The Kier molecular flexibility index (Phi) is 8.55. The number of aryl methyl sites for hydroxylation is 1. The van der Waals surface area contributed by atoms with Crippen molar-refractivity contribution in [2.45, 2.75) is 70.4 Å². The van der Waals surface area contributed by atoms with Crippen molar-refractivity contribution in [1.29, 1.82) is 5.26 Å². The number of carbonyl (C=O) groups is 1. The van der Waals surface area contributed by atoms with E-state index in [1.54, 1.807) is 20.9 Å². The lowest BCUT2D eigenvalue weighted by atomic mass is 10.1. The van der Waals surface area contributed by atoms with Crippen molar-refractivity contribution in [1.82, 2.24) is 23.1 Å². The van der Waals surface area contributed by atoms with Gasteiger partial charge in [0.15, 0.2) is 5.65 Å². The summed E-state index contributed by atoms with van der Waals surface area (Å²) in [4.78, 5) is 23.8. The lowest BCUT2D eigenvalue weighted by molar-refractivity contribution is 0.0543. The van der Waals surface area contributed by atoms with Gasteiger partial charge in [0.25, 0.3) is 10.2 Å². The second-order valence-corrected chi connectivity index (χ2v) is 13.9. The molecule has 0 bridgehead atoms. The summed E-state index contributed by atoms with van der Waals surface area (Å²) in [6.45, 7) is 7.46. The predicted octanol–water partition coefficient (Wildman–Crippen LogP) is 4.35. The predicted molar refractivity (Wildman–Crippen MR) is 160 cm³/mol. The number of carbonyl (C=O) groups excluding carboxylic acids is 1. The Bertz CT molecular complexity index is 1560. The average Bonchev–Trinajstić information content (AvgIpc) is 3.55. The zero-order chi connectivity index (χ0) is 30.0. The topological polar surface area (TPSA) is 125 Å². The number of nitriles is 1. The number of hydrogen-bond donors (Lipinski definition) is 0. The highest BCUT2D eigenvalue weighted by Gasteiger charge is 2.57. The van der Waals surface area contributed by atoms with Crippen LogP contribution in [0.4, 0.5) is 10.6 Å². The van der Waals surface area contributed by atoms with E-state index in [1.165, 1.54) is 16.5 Å². The van der Waals surface area contributed by atoms with Crippen molar-refractivity contribution < 1.29 is 17.9 Å². The molecule has 0 atom stereocenters. The molecule has 2 fully saturated rings. The zero-order valence-corrected chi connectivity index (χ0v) is 25.4. The Hall–Kier alpha value is -3.53. The van der Waals surface area contributed by atoms with Gasteiger partial charge in [0.1, 0.15) is 17.7 Å². The number of rotatable bonds is 10. The van der Waals surface area contributed by atoms with E-state index in [0.29, 0.717) is 63.5 Å². The first-order valence-electron chi connectivity index (χ1n) is 14.5. The molecule has 2 aromatic heterocycles. The number of ether oxygens (including phenoxy) is 1. The van der Waals surface area contributed by atoms with Gasteiger partial charge in [-0.3, -0.25) is 0 Å². The van der Waals surface area contributed by atoms with Crippen LogP contribution < -0.4 is 4.90 Å². The summed E-state index contributed by atoms with van der Waals surface area (Å²) >= 11 is 0. The van der Waals surface area contributed by atoms with Crippen LogP contribution in [0.1, 0.15) is 58.4 Å². The van der Waals surface area contributed by atoms with E-state index in [4.69, 9.17) is 10.00 Å².